The van der Waals surface area contributed by atoms with Crippen LogP contribution in [-0.4, -0.2) is 4.98 Å². The van der Waals surface area contributed by atoms with Gasteiger partial charge in [0.15, 0.2) is 0 Å². The molecule has 0 radical (unpaired) electrons. The minimum absolute atomic E-state index is 1.07. The Balaban J connectivity index is 0.000000291. The molecule has 9 heavy (non-hydrogen) atoms. The zero-order chi connectivity index (χ0) is 7.11. The zero-order valence-electron chi connectivity index (χ0n) is 5.01. The summed E-state index contributed by atoms with van der Waals surface area (Å²) < 4.78 is 0. The molecule has 1 aromatic heterocycles. The van der Waals surface area contributed by atoms with Crippen molar-refractivity contribution in [2.24, 2.45) is 0 Å². The number of aromatic nitrogens is 1. The molecule has 0 aliphatic heterocycles. The van der Waals surface area contributed by atoms with Gasteiger partial charge >= 0.3 is 0 Å². The first kappa shape index (κ1) is 8.73. The van der Waals surface area contributed by atoms with Crippen molar-refractivity contribution in [3.63, 3.8) is 0 Å². The van der Waals surface area contributed by atoms with Gasteiger partial charge in [0.1, 0.15) is 0 Å². The Bertz CT molecular complexity index is 141. The van der Waals surface area contributed by atoms with E-state index in [0.717, 1.165) is 5.69 Å². The van der Waals surface area contributed by atoms with Crippen LogP contribution in [0.15, 0.2) is 24.4 Å². The van der Waals surface area contributed by atoms with Crippen molar-refractivity contribution < 1.29 is 0 Å². The average Bonchev–Trinajstić information content (AvgIpc) is 1.94. The predicted octanol–water partition coefficient (Wildman–Crippen LogP) is 2.77. The van der Waals surface area contributed by atoms with E-state index < -0.39 is 0 Å². The number of hydrogen-bond acceptors (Lipinski definition) is 1. The van der Waals surface area contributed by atoms with E-state index >= 15 is 0 Å². The van der Waals surface area contributed by atoms with Gasteiger partial charge in [-0.25, -0.2) is 0 Å². The second-order valence-corrected chi connectivity index (χ2v) is 1.47. The molecular formula is C6H7Cl2N. The summed E-state index contributed by atoms with van der Waals surface area (Å²) >= 11 is 0. The third-order valence-electron chi connectivity index (χ3n) is 0.813. The van der Waals surface area contributed by atoms with E-state index in [1.807, 2.05) is 25.1 Å². The molecule has 0 atom stereocenters. The number of rotatable bonds is 0. The van der Waals surface area contributed by atoms with E-state index in [2.05, 4.69) is 26.7 Å². The molecule has 1 rings (SSSR count). The largest absolute Gasteiger partial charge is 0.262 e. The van der Waals surface area contributed by atoms with Gasteiger partial charge in [0, 0.05) is 33.6 Å². The molecule has 0 aliphatic rings. The lowest BCUT2D eigenvalue weighted by Crippen LogP contribution is -1.72. The third kappa shape index (κ3) is 4.25. The first-order valence-electron chi connectivity index (χ1n) is 2.41. The first-order valence-corrected chi connectivity index (χ1v) is 3.56. The lowest BCUT2D eigenvalue weighted by atomic mass is 10.4. The highest BCUT2D eigenvalue weighted by Crippen LogP contribution is 1.85. The van der Waals surface area contributed by atoms with Crippen LogP contribution < -0.4 is 0 Å². The molecule has 0 aromatic carbocycles. The highest BCUT2D eigenvalue weighted by Gasteiger charge is 1.73. The molecule has 50 valence electrons. The smallest absolute Gasteiger partial charge is 0.0372 e. The van der Waals surface area contributed by atoms with Crippen LogP contribution in [0.2, 0.25) is 0 Å². The Morgan fingerprint density at radius 2 is 2.00 bits per heavy atom. The molecule has 1 heterocycles. The molecule has 0 saturated carbocycles. The summed E-state index contributed by atoms with van der Waals surface area (Å²) in [5.41, 5.74) is 1.07. The van der Waals surface area contributed by atoms with Crippen LogP contribution in [0, 0.1) is 6.92 Å². The molecular weight excluding hydrogens is 157 g/mol. The lowest BCUT2D eigenvalue weighted by Gasteiger charge is -1.82. The fourth-order valence-electron chi connectivity index (χ4n) is 0.448. The van der Waals surface area contributed by atoms with E-state index in [0.29, 0.717) is 0 Å². The summed E-state index contributed by atoms with van der Waals surface area (Å²) in [7, 11) is 8.22. The molecule has 0 unspecified atom stereocenters. The Hall–Kier alpha value is -0.270. The molecule has 0 saturated heterocycles. The maximum absolute atomic E-state index is 4.11. The van der Waals surface area contributed by atoms with Crippen molar-refractivity contribution in [1.82, 2.24) is 4.98 Å². The summed E-state index contributed by atoms with van der Waals surface area (Å²) in [4.78, 5) is 3.98. The maximum Gasteiger partial charge on any atom is 0.0372 e. The summed E-state index contributed by atoms with van der Waals surface area (Å²) in [5.74, 6) is 0. The highest BCUT2D eigenvalue weighted by molar-refractivity contribution is 6.85. The third-order valence-corrected chi connectivity index (χ3v) is 0.813. The molecule has 1 nitrogen and oxygen atoms in total. The van der Waals surface area contributed by atoms with E-state index in [4.69, 9.17) is 0 Å². The summed E-state index contributed by atoms with van der Waals surface area (Å²) in [5, 5.41) is 0. The molecule has 0 fully saturated rings. The second-order valence-electron chi connectivity index (χ2n) is 1.47. The quantitative estimate of drug-likeness (QED) is 0.574. The molecule has 1 aromatic rings. The average molecular weight is 164 g/mol. The van der Waals surface area contributed by atoms with E-state index in [1.165, 1.54) is 0 Å². The predicted molar refractivity (Wildman–Crippen MR) is 40.7 cm³/mol. The minimum Gasteiger partial charge on any atom is -0.262 e. The van der Waals surface area contributed by atoms with Crippen LogP contribution in [0.1, 0.15) is 5.69 Å². The van der Waals surface area contributed by atoms with Crippen LogP contribution in [-0.2, 0) is 0 Å². The van der Waals surface area contributed by atoms with E-state index in [1.54, 1.807) is 6.20 Å². The number of nitrogens with zero attached hydrogens (tertiary/aromatic N) is 1. The van der Waals surface area contributed by atoms with Crippen molar-refractivity contribution in [1.29, 1.82) is 0 Å². The van der Waals surface area contributed by atoms with Crippen molar-refractivity contribution in [2.45, 2.75) is 6.92 Å². The summed E-state index contributed by atoms with van der Waals surface area (Å²) in [6.45, 7) is 1.97. The van der Waals surface area contributed by atoms with E-state index in [9.17, 15) is 0 Å². The monoisotopic (exact) mass is 163 g/mol. The summed E-state index contributed by atoms with van der Waals surface area (Å²) in [6, 6.07) is 5.86. The Morgan fingerprint density at radius 3 is 2.22 bits per heavy atom. The van der Waals surface area contributed by atoms with Crippen LogP contribution in [0.4, 0.5) is 0 Å². The molecule has 3 heteroatoms. The Morgan fingerprint density at radius 1 is 1.33 bits per heavy atom. The molecule has 0 amide bonds. The fourth-order valence-corrected chi connectivity index (χ4v) is 0.448. The standard InChI is InChI=1S/C6H7N.Cl2/c1-6-4-2-3-5-7-6;1-2/h2-5H,1H3;. The molecule has 0 spiro atoms. The summed E-state index contributed by atoms with van der Waals surface area (Å²) in [6.07, 6.45) is 1.79. The van der Waals surface area contributed by atoms with Gasteiger partial charge in [-0.1, -0.05) is 6.07 Å². The topological polar surface area (TPSA) is 12.9 Å². The van der Waals surface area contributed by atoms with Crippen molar-refractivity contribution in [2.75, 3.05) is 0 Å². The van der Waals surface area contributed by atoms with Crippen LogP contribution in [0.25, 0.3) is 0 Å². The number of aryl methyl sites for hydroxylation is 1. The van der Waals surface area contributed by atoms with Crippen LogP contribution >= 0.6 is 21.7 Å². The van der Waals surface area contributed by atoms with Crippen molar-refractivity contribution in [3.8, 4) is 0 Å². The second kappa shape index (κ2) is 5.86. The normalized spacial score (nSPS) is 7.44. The van der Waals surface area contributed by atoms with Gasteiger partial charge in [0.2, 0.25) is 0 Å². The Labute approximate surface area is 64.2 Å². The van der Waals surface area contributed by atoms with Gasteiger partial charge in [-0.15, -0.1) is 0 Å². The zero-order valence-corrected chi connectivity index (χ0v) is 6.52. The van der Waals surface area contributed by atoms with Crippen LogP contribution in [0.5, 0.6) is 0 Å². The van der Waals surface area contributed by atoms with Gasteiger partial charge in [0.05, 0.1) is 0 Å². The number of pyridine rings is 1. The number of hydrogen-bond donors (Lipinski definition) is 0. The lowest BCUT2D eigenvalue weighted by molar-refractivity contribution is 1.20. The maximum atomic E-state index is 4.11. The van der Waals surface area contributed by atoms with Gasteiger partial charge < -0.3 is 0 Å². The minimum atomic E-state index is 1.07. The van der Waals surface area contributed by atoms with Gasteiger partial charge in [0.25, 0.3) is 0 Å². The first-order chi connectivity index (χ1) is 4.39. The van der Waals surface area contributed by atoms with E-state index in [-0.39, 0.29) is 0 Å². The van der Waals surface area contributed by atoms with Gasteiger partial charge in [-0.3, -0.25) is 4.98 Å². The van der Waals surface area contributed by atoms with Crippen molar-refractivity contribution >= 4 is 21.7 Å². The Kier molecular flexibility index (Phi) is 5.68. The van der Waals surface area contributed by atoms with Gasteiger partial charge in [-0.05, 0) is 19.1 Å². The fraction of sp³-hybridized carbons (Fsp3) is 0.167. The molecule has 0 N–H and O–H groups in total. The molecule has 0 bridgehead atoms. The molecule has 0 aliphatic carbocycles. The van der Waals surface area contributed by atoms with Crippen LogP contribution in [0.3, 0.4) is 0 Å². The SMILES string of the molecule is Cc1ccccn1.ClCl. The highest BCUT2D eigenvalue weighted by atomic mass is 36.5. The van der Waals surface area contributed by atoms with Crippen molar-refractivity contribution in [3.05, 3.63) is 30.1 Å². The number of halogens is 2. The van der Waals surface area contributed by atoms with Gasteiger partial charge in [-0.2, -0.15) is 0 Å².